The van der Waals surface area contributed by atoms with Gasteiger partial charge in [-0.2, -0.15) is 5.26 Å². The molecule has 0 aliphatic rings. The van der Waals surface area contributed by atoms with Crippen molar-refractivity contribution in [3.8, 4) is 6.07 Å². The predicted molar refractivity (Wildman–Crippen MR) is 77.6 cm³/mol. The number of nitriles is 1. The minimum absolute atomic E-state index is 0.238. The van der Waals surface area contributed by atoms with Crippen LogP contribution in [0.2, 0.25) is 0 Å². The maximum atomic E-state index is 12.1. The third-order valence-corrected chi connectivity index (χ3v) is 3.43. The molecule has 0 atom stereocenters. The van der Waals surface area contributed by atoms with E-state index in [2.05, 4.69) is 10.3 Å². The van der Waals surface area contributed by atoms with E-state index >= 15 is 0 Å². The van der Waals surface area contributed by atoms with Gasteiger partial charge in [0, 0.05) is 11.9 Å². The molecule has 0 aliphatic heterocycles. The van der Waals surface area contributed by atoms with Crippen LogP contribution in [0.4, 0.5) is 5.69 Å². The molecule has 100 valence electrons. The molecule has 1 heterocycles. The summed E-state index contributed by atoms with van der Waals surface area (Å²) in [5.41, 5.74) is 4.80. The van der Waals surface area contributed by atoms with Crippen LogP contribution in [0.3, 0.4) is 0 Å². The first-order valence-electron chi connectivity index (χ1n) is 6.27. The number of carbonyl (C=O) groups is 1. The van der Waals surface area contributed by atoms with E-state index in [-0.39, 0.29) is 11.6 Å². The van der Waals surface area contributed by atoms with E-state index in [0.717, 1.165) is 16.8 Å². The van der Waals surface area contributed by atoms with Crippen LogP contribution in [0, 0.1) is 32.1 Å². The second kappa shape index (κ2) is 5.54. The Labute approximate surface area is 118 Å². The molecule has 1 aromatic carbocycles. The Morgan fingerprint density at radius 2 is 1.95 bits per heavy atom. The Hall–Kier alpha value is -2.67. The lowest BCUT2D eigenvalue weighted by atomic mass is 10.0. The van der Waals surface area contributed by atoms with Crippen molar-refractivity contribution < 1.29 is 4.79 Å². The first-order valence-corrected chi connectivity index (χ1v) is 6.27. The number of anilines is 1. The standard InChI is InChI=1S/C16H15N3O/c1-10-4-5-14(12(3)11(10)2)19-16(20)15-8-13(9-17)6-7-18-15/h4-8H,1-3H3,(H,19,20). The zero-order valence-corrected chi connectivity index (χ0v) is 11.7. The summed E-state index contributed by atoms with van der Waals surface area (Å²) in [6.45, 7) is 6.03. The number of amides is 1. The maximum Gasteiger partial charge on any atom is 0.274 e. The summed E-state index contributed by atoms with van der Waals surface area (Å²) >= 11 is 0. The number of nitrogens with zero attached hydrogens (tertiary/aromatic N) is 2. The number of carbonyl (C=O) groups excluding carboxylic acids is 1. The van der Waals surface area contributed by atoms with E-state index in [1.54, 1.807) is 6.07 Å². The fraction of sp³-hybridized carbons (Fsp3) is 0.188. The van der Waals surface area contributed by atoms with Crippen LogP contribution < -0.4 is 5.32 Å². The maximum absolute atomic E-state index is 12.1. The van der Waals surface area contributed by atoms with Crippen LogP contribution in [-0.2, 0) is 0 Å². The molecule has 0 unspecified atom stereocenters. The Morgan fingerprint density at radius 1 is 1.20 bits per heavy atom. The normalized spacial score (nSPS) is 9.90. The van der Waals surface area contributed by atoms with Crippen LogP contribution >= 0.6 is 0 Å². The quantitative estimate of drug-likeness (QED) is 0.907. The number of aryl methyl sites for hydroxylation is 1. The SMILES string of the molecule is Cc1ccc(NC(=O)c2cc(C#N)ccn2)c(C)c1C. The van der Waals surface area contributed by atoms with E-state index in [9.17, 15) is 4.79 Å². The molecule has 4 nitrogen and oxygen atoms in total. The Kier molecular flexibility index (Phi) is 3.81. The molecule has 1 amide bonds. The Bertz CT molecular complexity index is 714. The first-order chi connectivity index (χ1) is 9.52. The van der Waals surface area contributed by atoms with Gasteiger partial charge in [-0.3, -0.25) is 9.78 Å². The van der Waals surface area contributed by atoms with E-state index in [0.29, 0.717) is 5.56 Å². The highest BCUT2D eigenvalue weighted by atomic mass is 16.1. The number of pyridine rings is 1. The molecule has 0 bridgehead atoms. The van der Waals surface area contributed by atoms with Crippen LogP contribution in [0.1, 0.15) is 32.7 Å². The summed E-state index contributed by atoms with van der Waals surface area (Å²) in [6, 6.07) is 8.89. The highest BCUT2D eigenvalue weighted by molar-refractivity contribution is 6.03. The number of benzene rings is 1. The summed E-state index contributed by atoms with van der Waals surface area (Å²) in [4.78, 5) is 16.1. The summed E-state index contributed by atoms with van der Waals surface area (Å²) < 4.78 is 0. The minimum atomic E-state index is -0.312. The van der Waals surface area contributed by atoms with Crippen molar-refractivity contribution in [3.63, 3.8) is 0 Å². The van der Waals surface area contributed by atoms with Crippen molar-refractivity contribution in [2.45, 2.75) is 20.8 Å². The van der Waals surface area contributed by atoms with Crippen LogP contribution in [0.15, 0.2) is 30.5 Å². The molecular weight excluding hydrogens is 250 g/mol. The van der Waals surface area contributed by atoms with Crippen molar-refractivity contribution in [1.29, 1.82) is 5.26 Å². The van der Waals surface area contributed by atoms with Crippen LogP contribution in [-0.4, -0.2) is 10.9 Å². The van der Waals surface area contributed by atoms with Gasteiger partial charge < -0.3 is 5.32 Å². The largest absolute Gasteiger partial charge is 0.320 e. The number of hydrogen-bond donors (Lipinski definition) is 1. The highest BCUT2D eigenvalue weighted by Crippen LogP contribution is 2.22. The van der Waals surface area contributed by atoms with E-state index in [1.807, 2.05) is 39.0 Å². The number of hydrogen-bond acceptors (Lipinski definition) is 3. The zero-order valence-electron chi connectivity index (χ0n) is 11.7. The second-order valence-electron chi connectivity index (χ2n) is 4.68. The van der Waals surface area contributed by atoms with Gasteiger partial charge in [0.25, 0.3) is 5.91 Å². The molecule has 1 aromatic heterocycles. The van der Waals surface area contributed by atoms with Crippen molar-refractivity contribution in [2.75, 3.05) is 5.32 Å². The fourth-order valence-electron chi connectivity index (χ4n) is 1.90. The van der Waals surface area contributed by atoms with Gasteiger partial charge in [0.1, 0.15) is 5.69 Å². The van der Waals surface area contributed by atoms with Gasteiger partial charge >= 0.3 is 0 Å². The molecule has 2 rings (SSSR count). The summed E-state index contributed by atoms with van der Waals surface area (Å²) in [5, 5.41) is 11.7. The van der Waals surface area contributed by atoms with Gasteiger partial charge in [0.2, 0.25) is 0 Å². The molecule has 0 fully saturated rings. The lowest BCUT2D eigenvalue weighted by Gasteiger charge is -2.12. The monoisotopic (exact) mass is 265 g/mol. The predicted octanol–water partition coefficient (Wildman–Crippen LogP) is 3.13. The molecule has 0 saturated carbocycles. The molecule has 0 radical (unpaired) electrons. The number of nitrogens with one attached hydrogen (secondary N) is 1. The average Bonchev–Trinajstić information content (AvgIpc) is 2.48. The van der Waals surface area contributed by atoms with Crippen LogP contribution in [0.25, 0.3) is 0 Å². The van der Waals surface area contributed by atoms with E-state index < -0.39 is 0 Å². The van der Waals surface area contributed by atoms with Gasteiger partial charge in [-0.1, -0.05) is 6.07 Å². The lowest BCUT2D eigenvalue weighted by Crippen LogP contribution is -2.15. The van der Waals surface area contributed by atoms with Gasteiger partial charge in [-0.15, -0.1) is 0 Å². The smallest absolute Gasteiger partial charge is 0.274 e. The Balaban J connectivity index is 2.28. The van der Waals surface area contributed by atoms with E-state index in [1.165, 1.54) is 17.8 Å². The molecular formula is C16H15N3O. The summed E-state index contributed by atoms with van der Waals surface area (Å²) in [7, 11) is 0. The number of rotatable bonds is 2. The molecule has 0 spiro atoms. The van der Waals surface area contributed by atoms with Crippen LogP contribution in [0.5, 0.6) is 0 Å². The van der Waals surface area contributed by atoms with Crippen molar-refractivity contribution >= 4 is 11.6 Å². The fourth-order valence-corrected chi connectivity index (χ4v) is 1.90. The van der Waals surface area contributed by atoms with Gasteiger partial charge in [0.05, 0.1) is 11.6 Å². The molecule has 0 saturated heterocycles. The van der Waals surface area contributed by atoms with Crippen molar-refractivity contribution in [1.82, 2.24) is 4.98 Å². The highest BCUT2D eigenvalue weighted by Gasteiger charge is 2.11. The van der Waals surface area contributed by atoms with Gasteiger partial charge in [-0.05, 0) is 55.7 Å². The van der Waals surface area contributed by atoms with Crippen molar-refractivity contribution in [3.05, 3.63) is 58.4 Å². The molecule has 0 aliphatic carbocycles. The first kappa shape index (κ1) is 13.8. The van der Waals surface area contributed by atoms with Gasteiger partial charge in [0.15, 0.2) is 0 Å². The summed E-state index contributed by atoms with van der Waals surface area (Å²) in [6.07, 6.45) is 1.46. The Morgan fingerprint density at radius 3 is 2.65 bits per heavy atom. The summed E-state index contributed by atoms with van der Waals surface area (Å²) in [5.74, 6) is -0.312. The number of aromatic nitrogens is 1. The third-order valence-electron chi connectivity index (χ3n) is 3.43. The average molecular weight is 265 g/mol. The molecule has 4 heteroatoms. The third kappa shape index (κ3) is 2.67. The topological polar surface area (TPSA) is 65.8 Å². The van der Waals surface area contributed by atoms with Gasteiger partial charge in [-0.25, -0.2) is 0 Å². The lowest BCUT2D eigenvalue weighted by molar-refractivity contribution is 0.102. The second-order valence-corrected chi connectivity index (χ2v) is 4.68. The minimum Gasteiger partial charge on any atom is -0.320 e. The zero-order chi connectivity index (χ0) is 14.7. The molecule has 1 N–H and O–H groups in total. The van der Waals surface area contributed by atoms with E-state index in [4.69, 9.17) is 5.26 Å². The molecule has 2 aromatic rings. The molecule has 20 heavy (non-hydrogen) atoms. The van der Waals surface area contributed by atoms with Crippen molar-refractivity contribution in [2.24, 2.45) is 0 Å².